The minimum atomic E-state index is -5.08. The third-order valence-electron chi connectivity index (χ3n) is 5.08. The van der Waals surface area contributed by atoms with Crippen LogP contribution in [0.1, 0.15) is 47.4 Å². The molecule has 1 aromatic heterocycles. The zero-order valence-corrected chi connectivity index (χ0v) is 16.9. The lowest BCUT2D eigenvalue weighted by molar-refractivity contribution is -0.192. The molecular weight excluding hydrogens is 422 g/mol. The lowest BCUT2D eigenvalue weighted by atomic mass is 9.86. The highest BCUT2D eigenvalue weighted by Crippen LogP contribution is 2.40. The molecule has 4 rings (SSSR count). The number of aromatic nitrogens is 1. The number of nitrogens with one attached hydrogen (secondary N) is 2. The Labute approximate surface area is 175 Å². The van der Waals surface area contributed by atoms with Gasteiger partial charge in [0.05, 0.1) is 5.69 Å². The number of benzene rings is 1. The van der Waals surface area contributed by atoms with E-state index in [0.29, 0.717) is 12.0 Å². The molecule has 1 aromatic carbocycles. The number of aliphatic carboxylic acids is 1. The second kappa shape index (κ2) is 9.84. The van der Waals surface area contributed by atoms with Gasteiger partial charge < -0.3 is 15.7 Å². The van der Waals surface area contributed by atoms with Crippen LogP contribution in [0.5, 0.6) is 0 Å². The lowest BCUT2D eigenvalue weighted by Gasteiger charge is -2.33. The van der Waals surface area contributed by atoms with Crippen LogP contribution in [0.15, 0.2) is 29.6 Å². The van der Waals surface area contributed by atoms with Crippen LogP contribution in [0.3, 0.4) is 0 Å². The fourth-order valence-electron chi connectivity index (χ4n) is 3.40. The fourth-order valence-corrected chi connectivity index (χ4v) is 4.23. The number of carbonyl (C=O) groups is 1. The number of halogens is 4. The molecule has 0 amide bonds. The maximum Gasteiger partial charge on any atom is 0.490 e. The molecule has 2 atom stereocenters. The van der Waals surface area contributed by atoms with Crippen molar-refractivity contribution < 1.29 is 27.5 Å². The molecule has 2 fully saturated rings. The molecule has 1 aliphatic carbocycles. The summed E-state index contributed by atoms with van der Waals surface area (Å²) < 4.78 is 45.3. The molecule has 10 heteroatoms. The van der Waals surface area contributed by atoms with E-state index in [4.69, 9.17) is 14.9 Å². The molecule has 3 N–H and O–H groups in total. The van der Waals surface area contributed by atoms with Crippen molar-refractivity contribution in [2.75, 3.05) is 13.1 Å². The van der Waals surface area contributed by atoms with Gasteiger partial charge in [-0.25, -0.2) is 14.2 Å². The average molecular weight is 445 g/mol. The Morgan fingerprint density at radius 3 is 2.67 bits per heavy atom. The SMILES string of the molecule is Fc1cccc([C@@H]2CCNC[C@@H]2NCc2nc(C3CC3)cs2)c1.O=C(O)C(F)(F)F. The average Bonchev–Trinajstić information content (AvgIpc) is 3.44. The zero-order valence-electron chi connectivity index (χ0n) is 16.1. The van der Waals surface area contributed by atoms with Crippen LogP contribution < -0.4 is 10.6 Å². The van der Waals surface area contributed by atoms with Crippen molar-refractivity contribution in [2.45, 2.75) is 49.9 Å². The Hall–Kier alpha value is -2.04. The van der Waals surface area contributed by atoms with Crippen molar-refractivity contribution in [3.8, 4) is 0 Å². The van der Waals surface area contributed by atoms with Crippen molar-refractivity contribution in [3.05, 3.63) is 51.7 Å². The van der Waals surface area contributed by atoms with E-state index in [1.54, 1.807) is 17.4 Å². The van der Waals surface area contributed by atoms with Gasteiger partial charge in [-0.15, -0.1) is 11.3 Å². The Morgan fingerprint density at radius 1 is 1.30 bits per heavy atom. The minimum absolute atomic E-state index is 0.145. The summed E-state index contributed by atoms with van der Waals surface area (Å²) in [6.45, 7) is 2.71. The van der Waals surface area contributed by atoms with Crippen LogP contribution >= 0.6 is 11.3 Å². The van der Waals surface area contributed by atoms with Crippen molar-refractivity contribution in [1.82, 2.24) is 15.6 Å². The zero-order chi connectivity index (χ0) is 21.7. The minimum Gasteiger partial charge on any atom is -0.475 e. The second-order valence-electron chi connectivity index (χ2n) is 7.38. The number of carboxylic acid groups (broad SMARTS) is 1. The Morgan fingerprint density at radius 2 is 2.03 bits per heavy atom. The first-order chi connectivity index (χ1) is 14.2. The number of thiazole rings is 1. The number of hydrogen-bond donors (Lipinski definition) is 3. The largest absolute Gasteiger partial charge is 0.490 e. The number of rotatable bonds is 5. The maximum absolute atomic E-state index is 13.5. The number of hydrogen-bond acceptors (Lipinski definition) is 5. The molecule has 0 spiro atoms. The summed E-state index contributed by atoms with van der Waals surface area (Å²) in [5.74, 6) is -1.83. The summed E-state index contributed by atoms with van der Waals surface area (Å²) in [4.78, 5) is 13.6. The van der Waals surface area contributed by atoms with Gasteiger partial charge in [0.15, 0.2) is 0 Å². The van der Waals surface area contributed by atoms with Crippen molar-refractivity contribution >= 4 is 17.3 Å². The van der Waals surface area contributed by atoms with E-state index in [0.717, 1.165) is 42.5 Å². The number of nitrogens with zero attached hydrogens (tertiary/aromatic N) is 1. The van der Waals surface area contributed by atoms with Gasteiger partial charge in [-0.1, -0.05) is 12.1 Å². The van der Waals surface area contributed by atoms with Crippen molar-refractivity contribution in [3.63, 3.8) is 0 Å². The molecular formula is C20H23F4N3O2S. The van der Waals surface area contributed by atoms with Gasteiger partial charge in [0.25, 0.3) is 0 Å². The van der Waals surface area contributed by atoms with Gasteiger partial charge in [0.1, 0.15) is 10.8 Å². The van der Waals surface area contributed by atoms with E-state index >= 15 is 0 Å². The topological polar surface area (TPSA) is 74.2 Å². The smallest absolute Gasteiger partial charge is 0.475 e. The number of piperidine rings is 1. The van der Waals surface area contributed by atoms with E-state index in [2.05, 4.69) is 16.0 Å². The van der Waals surface area contributed by atoms with Gasteiger partial charge in [-0.3, -0.25) is 0 Å². The molecule has 0 bridgehead atoms. The van der Waals surface area contributed by atoms with Gasteiger partial charge >= 0.3 is 12.1 Å². The third kappa shape index (κ3) is 6.48. The summed E-state index contributed by atoms with van der Waals surface area (Å²) in [5, 5.41) is 17.6. The van der Waals surface area contributed by atoms with E-state index in [9.17, 15) is 17.6 Å². The Bertz CT molecular complexity index is 855. The summed E-state index contributed by atoms with van der Waals surface area (Å²) in [6.07, 6.45) is -1.46. The van der Waals surface area contributed by atoms with E-state index < -0.39 is 12.1 Å². The van der Waals surface area contributed by atoms with E-state index in [1.165, 1.54) is 24.6 Å². The highest BCUT2D eigenvalue weighted by Gasteiger charge is 2.38. The molecule has 2 aliphatic rings. The standard InChI is InChI=1S/C18H22FN3S.C2HF3O2/c19-14-3-1-2-13(8-14)15-6-7-20-9-16(15)21-10-18-22-17(11-23-18)12-4-5-12;3-2(4,5)1(6)7/h1-3,8,11-12,15-16,20-21H,4-7,9-10H2;(H,6,7)/t15-,16-;/m0./s1. The first kappa shape index (κ1) is 22.6. The van der Waals surface area contributed by atoms with Gasteiger partial charge in [-0.05, 0) is 43.5 Å². The fraction of sp³-hybridized carbons (Fsp3) is 0.500. The highest BCUT2D eigenvalue weighted by molar-refractivity contribution is 7.09. The quantitative estimate of drug-likeness (QED) is 0.606. The highest BCUT2D eigenvalue weighted by atomic mass is 32.1. The molecule has 2 heterocycles. The van der Waals surface area contributed by atoms with Crippen LogP contribution in [0, 0.1) is 5.82 Å². The first-order valence-electron chi connectivity index (χ1n) is 9.68. The number of carboxylic acids is 1. The normalized spacial score (nSPS) is 21.6. The molecule has 5 nitrogen and oxygen atoms in total. The van der Waals surface area contributed by atoms with Crippen LogP contribution in [-0.2, 0) is 11.3 Å². The molecule has 0 unspecified atom stereocenters. The summed E-state index contributed by atoms with van der Waals surface area (Å²) in [5.41, 5.74) is 2.37. The van der Waals surface area contributed by atoms with Gasteiger partial charge in [0.2, 0.25) is 0 Å². The molecule has 0 radical (unpaired) electrons. The van der Waals surface area contributed by atoms with Gasteiger partial charge in [0, 0.05) is 36.3 Å². The molecule has 1 saturated heterocycles. The number of alkyl halides is 3. The van der Waals surface area contributed by atoms with Crippen LogP contribution in [0.4, 0.5) is 17.6 Å². The summed E-state index contributed by atoms with van der Waals surface area (Å²) >= 11 is 1.75. The first-order valence-corrected chi connectivity index (χ1v) is 10.6. The van der Waals surface area contributed by atoms with Crippen molar-refractivity contribution in [1.29, 1.82) is 0 Å². The molecule has 164 valence electrons. The van der Waals surface area contributed by atoms with Crippen LogP contribution in [0.25, 0.3) is 0 Å². The predicted octanol–water partition coefficient (Wildman–Crippen LogP) is 4.03. The van der Waals surface area contributed by atoms with Crippen LogP contribution in [0.2, 0.25) is 0 Å². The molecule has 30 heavy (non-hydrogen) atoms. The van der Waals surface area contributed by atoms with Crippen molar-refractivity contribution in [2.24, 2.45) is 0 Å². The summed E-state index contributed by atoms with van der Waals surface area (Å²) in [7, 11) is 0. The Kier molecular flexibility index (Phi) is 7.43. The van der Waals surface area contributed by atoms with Crippen LogP contribution in [-0.4, -0.2) is 41.4 Å². The second-order valence-corrected chi connectivity index (χ2v) is 8.33. The third-order valence-corrected chi connectivity index (χ3v) is 5.95. The van der Waals surface area contributed by atoms with E-state index in [1.807, 2.05) is 12.1 Å². The summed E-state index contributed by atoms with van der Waals surface area (Å²) in [6, 6.07) is 7.37. The molecule has 1 aliphatic heterocycles. The monoisotopic (exact) mass is 445 g/mol. The van der Waals surface area contributed by atoms with Gasteiger partial charge in [-0.2, -0.15) is 13.2 Å². The lowest BCUT2D eigenvalue weighted by Crippen LogP contribution is -2.47. The Balaban J connectivity index is 0.000000318. The molecule has 1 saturated carbocycles. The maximum atomic E-state index is 13.5. The van der Waals surface area contributed by atoms with E-state index in [-0.39, 0.29) is 5.82 Å². The predicted molar refractivity (Wildman–Crippen MR) is 105 cm³/mol. The molecule has 2 aromatic rings.